The average molecular weight is 259 g/mol. The van der Waals surface area contributed by atoms with Crippen LogP contribution in [0.1, 0.15) is 32.1 Å². The van der Waals surface area contributed by atoms with Gasteiger partial charge in [0.05, 0.1) is 5.92 Å². The van der Waals surface area contributed by atoms with Gasteiger partial charge in [0.25, 0.3) is 0 Å². The number of aliphatic carboxylic acids is 1. The Balaban J connectivity index is 2.19. The van der Waals surface area contributed by atoms with E-state index in [1.54, 1.807) is 11.8 Å². The van der Waals surface area contributed by atoms with Crippen LogP contribution in [-0.4, -0.2) is 47.0 Å². The summed E-state index contributed by atoms with van der Waals surface area (Å²) >= 11 is 1.80. The van der Waals surface area contributed by atoms with E-state index in [1.807, 2.05) is 4.90 Å². The van der Waals surface area contributed by atoms with Crippen molar-refractivity contribution in [3.05, 3.63) is 0 Å². The third-order valence-electron chi connectivity index (χ3n) is 3.19. The molecule has 0 aromatic heterocycles. The fourth-order valence-corrected chi connectivity index (χ4v) is 2.55. The van der Waals surface area contributed by atoms with Crippen molar-refractivity contribution in [2.45, 2.75) is 32.1 Å². The zero-order valence-electron chi connectivity index (χ0n) is 10.4. The molecule has 0 aliphatic carbocycles. The Kier molecular flexibility index (Phi) is 6.40. The first-order chi connectivity index (χ1) is 8.15. The van der Waals surface area contributed by atoms with Gasteiger partial charge in [-0.1, -0.05) is 0 Å². The van der Waals surface area contributed by atoms with E-state index in [2.05, 4.69) is 6.26 Å². The predicted octanol–water partition coefficient (Wildman–Crippen LogP) is 1.84. The molecular weight excluding hydrogens is 238 g/mol. The molecule has 0 unspecified atom stereocenters. The summed E-state index contributed by atoms with van der Waals surface area (Å²) in [5.74, 6) is 0.316. The quantitative estimate of drug-likeness (QED) is 0.740. The maximum Gasteiger partial charge on any atom is 0.306 e. The van der Waals surface area contributed by atoms with Crippen LogP contribution in [0.4, 0.5) is 0 Å². The molecule has 1 fully saturated rings. The van der Waals surface area contributed by atoms with Crippen molar-refractivity contribution >= 4 is 23.6 Å². The molecule has 17 heavy (non-hydrogen) atoms. The van der Waals surface area contributed by atoms with E-state index in [0.717, 1.165) is 18.6 Å². The molecule has 0 bridgehead atoms. The summed E-state index contributed by atoms with van der Waals surface area (Å²) in [5.41, 5.74) is 0. The largest absolute Gasteiger partial charge is 0.481 e. The SMILES string of the molecule is CSCCCCC(=O)N1CCC(C(=O)O)CC1. The van der Waals surface area contributed by atoms with Crippen LogP contribution in [0.25, 0.3) is 0 Å². The van der Waals surface area contributed by atoms with E-state index < -0.39 is 5.97 Å². The zero-order valence-corrected chi connectivity index (χ0v) is 11.2. The Morgan fingerprint density at radius 2 is 1.94 bits per heavy atom. The molecular formula is C12H21NO3S. The molecule has 0 radical (unpaired) electrons. The highest BCUT2D eigenvalue weighted by molar-refractivity contribution is 7.98. The number of hydrogen-bond acceptors (Lipinski definition) is 3. The third kappa shape index (κ3) is 4.98. The number of carboxylic acids is 1. The lowest BCUT2D eigenvalue weighted by Gasteiger charge is -2.30. The van der Waals surface area contributed by atoms with Crippen molar-refractivity contribution in [1.29, 1.82) is 0 Å². The molecule has 1 rings (SSSR count). The normalized spacial score (nSPS) is 17.1. The second-order valence-corrected chi connectivity index (χ2v) is 5.43. The lowest BCUT2D eigenvalue weighted by atomic mass is 9.97. The molecule has 5 heteroatoms. The van der Waals surface area contributed by atoms with Gasteiger partial charge in [0, 0.05) is 19.5 Å². The van der Waals surface area contributed by atoms with Crippen LogP contribution in [0.15, 0.2) is 0 Å². The average Bonchev–Trinajstić information content (AvgIpc) is 2.34. The highest BCUT2D eigenvalue weighted by Gasteiger charge is 2.26. The van der Waals surface area contributed by atoms with Gasteiger partial charge in [-0.15, -0.1) is 0 Å². The monoisotopic (exact) mass is 259 g/mol. The molecule has 0 aromatic carbocycles. The lowest BCUT2D eigenvalue weighted by molar-refractivity contribution is -0.145. The van der Waals surface area contributed by atoms with Crippen LogP contribution in [0.3, 0.4) is 0 Å². The molecule has 0 saturated carbocycles. The number of amides is 1. The van der Waals surface area contributed by atoms with Gasteiger partial charge < -0.3 is 10.0 Å². The van der Waals surface area contributed by atoms with Crippen molar-refractivity contribution in [3.63, 3.8) is 0 Å². The second-order valence-electron chi connectivity index (χ2n) is 4.44. The van der Waals surface area contributed by atoms with Crippen molar-refractivity contribution < 1.29 is 14.7 Å². The molecule has 0 atom stereocenters. The molecule has 1 amide bonds. The number of piperidine rings is 1. The fourth-order valence-electron chi connectivity index (χ4n) is 2.06. The summed E-state index contributed by atoms with van der Waals surface area (Å²) < 4.78 is 0. The van der Waals surface area contributed by atoms with Crippen molar-refractivity contribution in [3.8, 4) is 0 Å². The Morgan fingerprint density at radius 3 is 2.47 bits per heavy atom. The molecule has 1 aliphatic rings. The number of likely N-dealkylation sites (tertiary alicyclic amines) is 1. The molecule has 1 N–H and O–H groups in total. The second kappa shape index (κ2) is 7.58. The molecule has 98 valence electrons. The highest BCUT2D eigenvalue weighted by Crippen LogP contribution is 2.18. The number of hydrogen-bond donors (Lipinski definition) is 1. The Labute approximate surface area is 107 Å². The number of nitrogens with zero attached hydrogens (tertiary/aromatic N) is 1. The van der Waals surface area contributed by atoms with Gasteiger partial charge in [-0.2, -0.15) is 11.8 Å². The predicted molar refractivity (Wildman–Crippen MR) is 69.2 cm³/mol. The molecule has 0 aromatic rings. The minimum Gasteiger partial charge on any atom is -0.481 e. The van der Waals surface area contributed by atoms with Gasteiger partial charge in [-0.05, 0) is 37.7 Å². The highest BCUT2D eigenvalue weighted by atomic mass is 32.2. The van der Waals surface area contributed by atoms with E-state index in [1.165, 1.54) is 0 Å². The smallest absolute Gasteiger partial charge is 0.306 e. The Bertz CT molecular complexity index is 262. The van der Waals surface area contributed by atoms with E-state index in [-0.39, 0.29) is 11.8 Å². The maximum atomic E-state index is 11.8. The van der Waals surface area contributed by atoms with Gasteiger partial charge in [-0.25, -0.2) is 0 Å². The first-order valence-electron chi connectivity index (χ1n) is 6.14. The van der Waals surface area contributed by atoms with Crippen molar-refractivity contribution in [1.82, 2.24) is 4.90 Å². The van der Waals surface area contributed by atoms with E-state index in [4.69, 9.17) is 5.11 Å². The Hall–Kier alpha value is -0.710. The van der Waals surface area contributed by atoms with E-state index in [0.29, 0.717) is 32.4 Å². The lowest BCUT2D eigenvalue weighted by Crippen LogP contribution is -2.40. The van der Waals surface area contributed by atoms with Crippen LogP contribution in [-0.2, 0) is 9.59 Å². The third-order valence-corrected chi connectivity index (χ3v) is 3.88. The topological polar surface area (TPSA) is 57.6 Å². The minimum atomic E-state index is -0.725. The summed E-state index contributed by atoms with van der Waals surface area (Å²) in [5, 5.41) is 8.86. The summed E-state index contributed by atoms with van der Waals surface area (Å²) in [7, 11) is 0. The molecule has 0 spiro atoms. The van der Waals surface area contributed by atoms with E-state index >= 15 is 0 Å². The number of rotatable bonds is 6. The standard InChI is InChI=1S/C12H21NO3S/c1-17-9-3-2-4-11(14)13-7-5-10(6-8-13)12(15)16/h10H,2-9H2,1H3,(H,15,16). The first kappa shape index (κ1) is 14.4. The molecule has 1 heterocycles. The van der Waals surface area contributed by atoms with Crippen LogP contribution >= 0.6 is 11.8 Å². The Morgan fingerprint density at radius 1 is 1.29 bits per heavy atom. The number of thioether (sulfide) groups is 1. The van der Waals surface area contributed by atoms with Gasteiger partial charge in [0.1, 0.15) is 0 Å². The van der Waals surface area contributed by atoms with Crippen molar-refractivity contribution in [2.24, 2.45) is 5.92 Å². The molecule has 1 aliphatic heterocycles. The summed E-state index contributed by atoms with van der Waals surface area (Å²) in [6, 6.07) is 0. The van der Waals surface area contributed by atoms with E-state index in [9.17, 15) is 9.59 Å². The molecule has 1 saturated heterocycles. The number of unbranched alkanes of at least 4 members (excludes halogenated alkanes) is 1. The molecule has 4 nitrogen and oxygen atoms in total. The summed E-state index contributed by atoms with van der Waals surface area (Å²) in [6.45, 7) is 1.22. The summed E-state index contributed by atoms with van der Waals surface area (Å²) in [6.07, 6.45) is 5.91. The van der Waals surface area contributed by atoms with Crippen LogP contribution in [0, 0.1) is 5.92 Å². The van der Waals surface area contributed by atoms with Gasteiger partial charge in [0.2, 0.25) is 5.91 Å². The van der Waals surface area contributed by atoms with Crippen molar-refractivity contribution in [2.75, 3.05) is 25.1 Å². The van der Waals surface area contributed by atoms with Crippen LogP contribution in [0.5, 0.6) is 0 Å². The first-order valence-corrected chi connectivity index (χ1v) is 7.54. The zero-order chi connectivity index (χ0) is 12.7. The van der Waals surface area contributed by atoms with Crippen LogP contribution in [0.2, 0.25) is 0 Å². The number of carbonyl (C=O) groups excluding carboxylic acids is 1. The fraction of sp³-hybridized carbons (Fsp3) is 0.833. The van der Waals surface area contributed by atoms with Crippen LogP contribution < -0.4 is 0 Å². The summed E-state index contributed by atoms with van der Waals surface area (Å²) in [4.78, 5) is 24.4. The van der Waals surface area contributed by atoms with Gasteiger partial charge in [-0.3, -0.25) is 9.59 Å². The number of carboxylic acid groups (broad SMARTS) is 1. The minimum absolute atomic E-state index is 0.190. The number of carbonyl (C=O) groups is 2. The maximum absolute atomic E-state index is 11.8. The van der Waals surface area contributed by atoms with Gasteiger partial charge in [0.15, 0.2) is 0 Å². The van der Waals surface area contributed by atoms with Gasteiger partial charge >= 0.3 is 5.97 Å².